The zero-order valence-corrected chi connectivity index (χ0v) is 13.1. The molecule has 0 aromatic heterocycles. The second kappa shape index (κ2) is 7.46. The van der Waals surface area contributed by atoms with Crippen LogP contribution in [-0.4, -0.2) is 20.3 Å². The van der Waals surface area contributed by atoms with Crippen LogP contribution < -0.4 is 10.5 Å². The van der Waals surface area contributed by atoms with Gasteiger partial charge in [-0.1, -0.05) is 41.9 Å². The molecule has 0 saturated heterocycles. The summed E-state index contributed by atoms with van der Waals surface area (Å²) >= 11 is 6.31. The first kappa shape index (κ1) is 15.8. The number of halogens is 1. The Balaban J connectivity index is 2.31. The standard InChI is InChI=1S/C17H20ClNO2/c1-12(19)14-8-7-13(11-16(14)18)15-5-3-4-6-17(15)21-10-9-20-2/h3-8,11-12H,9-10,19H2,1-2H3. The number of hydrogen-bond donors (Lipinski definition) is 1. The molecule has 0 bridgehead atoms. The highest BCUT2D eigenvalue weighted by molar-refractivity contribution is 6.31. The molecule has 4 heteroatoms. The zero-order chi connectivity index (χ0) is 15.2. The first-order valence-electron chi connectivity index (χ1n) is 6.89. The van der Waals surface area contributed by atoms with Gasteiger partial charge in [0, 0.05) is 23.7 Å². The number of methoxy groups -OCH3 is 1. The van der Waals surface area contributed by atoms with Gasteiger partial charge in [-0.2, -0.15) is 0 Å². The molecule has 1 unspecified atom stereocenters. The monoisotopic (exact) mass is 305 g/mol. The predicted octanol–water partition coefficient (Wildman–Crippen LogP) is 4.05. The number of nitrogens with two attached hydrogens (primary N) is 1. The summed E-state index contributed by atoms with van der Waals surface area (Å²) in [5.74, 6) is 0.819. The van der Waals surface area contributed by atoms with E-state index in [-0.39, 0.29) is 6.04 Å². The number of rotatable bonds is 6. The van der Waals surface area contributed by atoms with Gasteiger partial charge < -0.3 is 15.2 Å². The normalized spacial score (nSPS) is 12.2. The molecule has 0 saturated carbocycles. The van der Waals surface area contributed by atoms with E-state index in [1.807, 2.05) is 49.4 Å². The summed E-state index contributed by atoms with van der Waals surface area (Å²) < 4.78 is 10.8. The van der Waals surface area contributed by atoms with E-state index >= 15 is 0 Å². The molecule has 3 nitrogen and oxygen atoms in total. The molecule has 0 aliphatic carbocycles. The molecule has 112 valence electrons. The lowest BCUT2D eigenvalue weighted by Gasteiger charge is -2.14. The Kier molecular flexibility index (Phi) is 5.62. The highest BCUT2D eigenvalue weighted by Gasteiger charge is 2.10. The Morgan fingerprint density at radius 1 is 1.14 bits per heavy atom. The van der Waals surface area contributed by atoms with Crippen LogP contribution >= 0.6 is 11.6 Å². The maximum atomic E-state index is 6.31. The lowest BCUT2D eigenvalue weighted by molar-refractivity contribution is 0.146. The highest BCUT2D eigenvalue weighted by atomic mass is 35.5. The van der Waals surface area contributed by atoms with Crippen LogP contribution in [0.2, 0.25) is 5.02 Å². The summed E-state index contributed by atoms with van der Waals surface area (Å²) in [5, 5.41) is 0.675. The summed E-state index contributed by atoms with van der Waals surface area (Å²) in [6, 6.07) is 13.7. The molecule has 0 radical (unpaired) electrons. The summed E-state index contributed by atoms with van der Waals surface area (Å²) in [4.78, 5) is 0. The third-order valence-electron chi connectivity index (χ3n) is 3.23. The molecular formula is C17H20ClNO2. The molecular weight excluding hydrogens is 286 g/mol. The molecule has 0 spiro atoms. The largest absolute Gasteiger partial charge is 0.491 e. The summed E-state index contributed by atoms with van der Waals surface area (Å²) in [6.07, 6.45) is 0. The SMILES string of the molecule is COCCOc1ccccc1-c1ccc(C(C)N)c(Cl)c1. The van der Waals surface area contributed by atoms with Crippen LogP contribution in [0.25, 0.3) is 11.1 Å². The van der Waals surface area contributed by atoms with Gasteiger partial charge in [-0.3, -0.25) is 0 Å². The minimum atomic E-state index is -0.0836. The minimum absolute atomic E-state index is 0.0836. The van der Waals surface area contributed by atoms with Crippen molar-refractivity contribution in [3.63, 3.8) is 0 Å². The summed E-state index contributed by atoms with van der Waals surface area (Å²) in [5.41, 5.74) is 8.85. The van der Waals surface area contributed by atoms with Crippen molar-refractivity contribution in [2.24, 2.45) is 5.73 Å². The third kappa shape index (κ3) is 3.97. The predicted molar refractivity (Wildman–Crippen MR) is 86.9 cm³/mol. The topological polar surface area (TPSA) is 44.5 Å². The Hall–Kier alpha value is -1.55. The van der Waals surface area contributed by atoms with E-state index in [2.05, 4.69) is 0 Å². The second-order valence-electron chi connectivity index (χ2n) is 4.86. The van der Waals surface area contributed by atoms with E-state index in [0.29, 0.717) is 18.2 Å². The van der Waals surface area contributed by atoms with Crippen LogP contribution in [0.3, 0.4) is 0 Å². The molecule has 2 N–H and O–H groups in total. The molecule has 21 heavy (non-hydrogen) atoms. The third-order valence-corrected chi connectivity index (χ3v) is 3.56. The maximum absolute atomic E-state index is 6.31. The van der Waals surface area contributed by atoms with Gasteiger partial charge in [0.1, 0.15) is 12.4 Å². The summed E-state index contributed by atoms with van der Waals surface area (Å²) in [6.45, 7) is 2.99. The number of para-hydroxylation sites is 1. The molecule has 0 heterocycles. The van der Waals surface area contributed by atoms with E-state index < -0.39 is 0 Å². The highest BCUT2D eigenvalue weighted by Crippen LogP contribution is 2.33. The van der Waals surface area contributed by atoms with Crippen LogP contribution in [0.5, 0.6) is 5.75 Å². The number of hydrogen-bond acceptors (Lipinski definition) is 3. The van der Waals surface area contributed by atoms with Crippen LogP contribution in [0.1, 0.15) is 18.5 Å². The van der Waals surface area contributed by atoms with Crippen molar-refractivity contribution in [2.45, 2.75) is 13.0 Å². The Labute approximate surface area is 130 Å². The van der Waals surface area contributed by atoms with Crippen LogP contribution in [0.4, 0.5) is 0 Å². The molecule has 0 fully saturated rings. The second-order valence-corrected chi connectivity index (χ2v) is 5.27. The van der Waals surface area contributed by atoms with Gasteiger partial charge in [0.05, 0.1) is 6.61 Å². The fourth-order valence-corrected chi connectivity index (χ4v) is 2.48. The zero-order valence-electron chi connectivity index (χ0n) is 12.3. The Morgan fingerprint density at radius 3 is 2.57 bits per heavy atom. The van der Waals surface area contributed by atoms with Gasteiger partial charge in [0.15, 0.2) is 0 Å². The molecule has 0 aliphatic heterocycles. The Morgan fingerprint density at radius 2 is 1.90 bits per heavy atom. The van der Waals surface area contributed by atoms with Crippen molar-refractivity contribution < 1.29 is 9.47 Å². The van der Waals surface area contributed by atoms with E-state index in [9.17, 15) is 0 Å². The molecule has 0 amide bonds. The van der Waals surface area contributed by atoms with Crippen molar-refractivity contribution in [1.82, 2.24) is 0 Å². The lowest BCUT2D eigenvalue weighted by Crippen LogP contribution is -2.06. The molecule has 2 aromatic carbocycles. The van der Waals surface area contributed by atoms with Gasteiger partial charge >= 0.3 is 0 Å². The van der Waals surface area contributed by atoms with E-state index in [1.165, 1.54) is 0 Å². The fourth-order valence-electron chi connectivity index (χ4n) is 2.13. The van der Waals surface area contributed by atoms with Crippen LogP contribution in [0.15, 0.2) is 42.5 Å². The smallest absolute Gasteiger partial charge is 0.127 e. The van der Waals surface area contributed by atoms with Crippen molar-refractivity contribution in [1.29, 1.82) is 0 Å². The number of ether oxygens (including phenoxy) is 2. The summed E-state index contributed by atoms with van der Waals surface area (Å²) in [7, 11) is 1.65. The molecule has 2 aromatic rings. The van der Waals surface area contributed by atoms with Crippen molar-refractivity contribution in [2.75, 3.05) is 20.3 Å². The maximum Gasteiger partial charge on any atom is 0.127 e. The minimum Gasteiger partial charge on any atom is -0.491 e. The molecule has 0 aliphatic rings. The van der Waals surface area contributed by atoms with Gasteiger partial charge in [-0.25, -0.2) is 0 Å². The lowest BCUT2D eigenvalue weighted by atomic mass is 10.0. The van der Waals surface area contributed by atoms with Gasteiger partial charge in [0.25, 0.3) is 0 Å². The van der Waals surface area contributed by atoms with Crippen LogP contribution in [0, 0.1) is 0 Å². The van der Waals surface area contributed by atoms with Gasteiger partial charge in [-0.05, 0) is 30.2 Å². The van der Waals surface area contributed by atoms with E-state index in [0.717, 1.165) is 22.4 Å². The van der Waals surface area contributed by atoms with Gasteiger partial charge in [-0.15, -0.1) is 0 Å². The average Bonchev–Trinajstić information content (AvgIpc) is 2.47. The number of benzene rings is 2. The Bertz CT molecular complexity index is 599. The fraction of sp³-hybridized carbons (Fsp3) is 0.294. The van der Waals surface area contributed by atoms with E-state index in [4.69, 9.17) is 26.8 Å². The van der Waals surface area contributed by atoms with Crippen molar-refractivity contribution >= 4 is 11.6 Å². The first-order valence-corrected chi connectivity index (χ1v) is 7.27. The molecule has 1 atom stereocenters. The van der Waals surface area contributed by atoms with E-state index in [1.54, 1.807) is 7.11 Å². The van der Waals surface area contributed by atoms with Crippen molar-refractivity contribution in [3.8, 4) is 16.9 Å². The average molecular weight is 306 g/mol. The molecule has 2 rings (SSSR count). The first-order chi connectivity index (χ1) is 10.1. The quantitative estimate of drug-likeness (QED) is 0.819. The van der Waals surface area contributed by atoms with Gasteiger partial charge in [0.2, 0.25) is 0 Å². The van der Waals surface area contributed by atoms with Crippen molar-refractivity contribution in [3.05, 3.63) is 53.1 Å². The van der Waals surface area contributed by atoms with Crippen LogP contribution in [-0.2, 0) is 4.74 Å².